The molecule has 0 radical (unpaired) electrons. The molecule has 0 bridgehead atoms. The number of methoxy groups -OCH3 is 1. The molecule has 0 saturated heterocycles. The van der Waals surface area contributed by atoms with E-state index >= 15 is 0 Å². The average molecular weight is 215 g/mol. The molecule has 0 aliphatic rings. The van der Waals surface area contributed by atoms with E-state index in [9.17, 15) is 8.78 Å². The lowest BCUT2D eigenvalue weighted by molar-refractivity contribution is 0.356. The van der Waals surface area contributed by atoms with Gasteiger partial charge in [0.1, 0.15) is 0 Å². The molecule has 0 unspecified atom stereocenters. The molecule has 0 amide bonds. The molecule has 1 rings (SSSR count). The van der Waals surface area contributed by atoms with Crippen molar-refractivity contribution in [3.63, 3.8) is 0 Å². The lowest BCUT2D eigenvalue weighted by Gasteiger charge is -2.11. The van der Waals surface area contributed by atoms with Crippen LogP contribution in [-0.2, 0) is 6.54 Å². The van der Waals surface area contributed by atoms with Gasteiger partial charge >= 0.3 is 0 Å². The Kier molecular flexibility index (Phi) is 4.03. The molecule has 84 valence electrons. The zero-order valence-corrected chi connectivity index (χ0v) is 9.10. The maximum absolute atomic E-state index is 13.6. The Morgan fingerprint density at radius 2 is 2.00 bits per heavy atom. The van der Waals surface area contributed by atoms with E-state index in [0.717, 1.165) is 0 Å². The van der Waals surface area contributed by atoms with Crippen molar-refractivity contribution < 1.29 is 13.5 Å². The molecule has 0 fully saturated rings. The van der Waals surface area contributed by atoms with Gasteiger partial charge in [-0.15, -0.1) is 0 Å². The van der Waals surface area contributed by atoms with Crippen LogP contribution in [0.1, 0.15) is 19.4 Å². The number of hydrogen-bond donors (Lipinski definition) is 1. The van der Waals surface area contributed by atoms with Crippen molar-refractivity contribution in [3.05, 3.63) is 29.3 Å². The third kappa shape index (κ3) is 2.89. The average Bonchev–Trinajstić information content (AvgIpc) is 2.17. The third-order valence-electron chi connectivity index (χ3n) is 2.03. The molecule has 1 N–H and O–H groups in total. The first-order valence-corrected chi connectivity index (χ1v) is 4.80. The summed E-state index contributed by atoms with van der Waals surface area (Å²) in [6, 6.07) is 2.88. The van der Waals surface area contributed by atoms with E-state index in [4.69, 9.17) is 0 Å². The minimum absolute atomic E-state index is 0.250. The SMILES string of the molecule is COc1c(F)ccc(CNC(C)C)c1F. The van der Waals surface area contributed by atoms with Crippen LogP contribution in [0.15, 0.2) is 12.1 Å². The van der Waals surface area contributed by atoms with Crippen LogP contribution in [-0.4, -0.2) is 13.2 Å². The van der Waals surface area contributed by atoms with Gasteiger partial charge in [0.15, 0.2) is 17.4 Å². The lowest BCUT2D eigenvalue weighted by Crippen LogP contribution is -2.22. The van der Waals surface area contributed by atoms with Gasteiger partial charge in [-0.3, -0.25) is 0 Å². The fraction of sp³-hybridized carbons (Fsp3) is 0.455. The van der Waals surface area contributed by atoms with Crippen LogP contribution < -0.4 is 10.1 Å². The summed E-state index contributed by atoms with van der Waals surface area (Å²) in [5.41, 5.74) is 0.405. The third-order valence-corrected chi connectivity index (χ3v) is 2.03. The number of hydrogen-bond acceptors (Lipinski definition) is 2. The number of halogens is 2. The molecule has 0 saturated carbocycles. The Labute approximate surface area is 88.3 Å². The summed E-state index contributed by atoms with van der Waals surface area (Å²) in [5.74, 6) is -1.63. The second-order valence-corrected chi connectivity index (χ2v) is 3.59. The van der Waals surface area contributed by atoms with Crippen molar-refractivity contribution in [1.29, 1.82) is 0 Å². The normalized spacial score (nSPS) is 10.8. The quantitative estimate of drug-likeness (QED) is 0.833. The van der Waals surface area contributed by atoms with Crippen molar-refractivity contribution in [2.75, 3.05) is 7.11 Å². The Bertz CT molecular complexity index is 340. The van der Waals surface area contributed by atoms with E-state index in [1.165, 1.54) is 19.2 Å². The van der Waals surface area contributed by atoms with E-state index in [1.807, 2.05) is 13.8 Å². The molecule has 1 aromatic carbocycles. The summed E-state index contributed by atoms with van der Waals surface area (Å²) < 4.78 is 31.3. The summed E-state index contributed by atoms with van der Waals surface area (Å²) in [7, 11) is 1.25. The fourth-order valence-electron chi connectivity index (χ4n) is 1.21. The lowest BCUT2D eigenvalue weighted by atomic mass is 10.2. The predicted molar refractivity (Wildman–Crippen MR) is 54.9 cm³/mol. The molecule has 0 heterocycles. The van der Waals surface area contributed by atoms with Crippen LogP contribution >= 0.6 is 0 Å². The zero-order chi connectivity index (χ0) is 11.4. The van der Waals surface area contributed by atoms with E-state index in [0.29, 0.717) is 12.1 Å². The van der Waals surface area contributed by atoms with Gasteiger partial charge in [-0.05, 0) is 6.07 Å². The van der Waals surface area contributed by atoms with Crippen molar-refractivity contribution >= 4 is 0 Å². The maximum Gasteiger partial charge on any atom is 0.190 e. The van der Waals surface area contributed by atoms with Crippen LogP contribution in [0.25, 0.3) is 0 Å². The molecule has 15 heavy (non-hydrogen) atoms. The topological polar surface area (TPSA) is 21.3 Å². The van der Waals surface area contributed by atoms with Gasteiger partial charge in [-0.25, -0.2) is 8.78 Å². The van der Waals surface area contributed by atoms with E-state index in [-0.39, 0.29) is 11.8 Å². The van der Waals surface area contributed by atoms with Crippen LogP contribution in [0.5, 0.6) is 5.75 Å². The molecular formula is C11H15F2NO. The molecule has 0 atom stereocenters. The number of benzene rings is 1. The van der Waals surface area contributed by atoms with Gasteiger partial charge in [-0.1, -0.05) is 19.9 Å². The van der Waals surface area contributed by atoms with Gasteiger partial charge in [-0.2, -0.15) is 0 Å². The summed E-state index contributed by atoms with van der Waals surface area (Å²) in [6.45, 7) is 4.28. The van der Waals surface area contributed by atoms with Crippen molar-refractivity contribution in [2.45, 2.75) is 26.4 Å². The number of ether oxygens (including phenoxy) is 1. The Hall–Kier alpha value is -1.16. The minimum atomic E-state index is -0.678. The highest BCUT2D eigenvalue weighted by molar-refractivity contribution is 5.32. The molecule has 2 nitrogen and oxygen atoms in total. The van der Waals surface area contributed by atoms with Gasteiger partial charge in [0.25, 0.3) is 0 Å². The van der Waals surface area contributed by atoms with Gasteiger partial charge in [0.2, 0.25) is 0 Å². The van der Waals surface area contributed by atoms with Crippen LogP contribution in [0.2, 0.25) is 0 Å². The fourth-order valence-corrected chi connectivity index (χ4v) is 1.21. The van der Waals surface area contributed by atoms with Crippen molar-refractivity contribution in [1.82, 2.24) is 5.32 Å². The van der Waals surface area contributed by atoms with Crippen molar-refractivity contribution in [2.24, 2.45) is 0 Å². The highest BCUT2D eigenvalue weighted by Crippen LogP contribution is 2.24. The molecular weight excluding hydrogens is 200 g/mol. The molecule has 0 aliphatic heterocycles. The molecule has 0 spiro atoms. The smallest absolute Gasteiger partial charge is 0.190 e. The number of rotatable bonds is 4. The first-order valence-electron chi connectivity index (χ1n) is 4.80. The summed E-state index contributed by atoms with van der Waals surface area (Å²) in [6.07, 6.45) is 0. The largest absolute Gasteiger partial charge is 0.491 e. The van der Waals surface area contributed by atoms with Crippen molar-refractivity contribution in [3.8, 4) is 5.75 Å². The second-order valence-electron chi connectivity index (χ2n) is 3.59. The zero-order valence-electron chi connectivity index (χ0n) is 9.10. The van der Waals surface area contributed by atoms with E-state index in [2.05, 4.69) is 10.1 Å². The Morgan fingerprint density at radius 3 is 2.53 bits per heavy atom. The van der Waals surface area contributed by atoms with Crippen LogP contribution in [0, 0.1) is 11.6 Å². The van der Waals surface area contributed by atoms with Gasteiger partial charge < -0.3 is 10.1 Å². The summed E-state index contributed by atoms with van der Waals surface area (Å²) >= 11 is 0. The van der Waals surface area contributed by atoms with Gasteiger partial charge in [0.05, 0.1) is 7.11 Å². The maximum atomic E-state index is 13.6. The highest BCUT2D eigenvalue weighted by atomic mass is 19.1. The number of nitrogens with one attached hydrogen (secondary N) is 1. The molecule has 4 heteroatoms. The molecule has 1 aromatic rings. The summed E-state index contributed by atoms with van der Waals surface area (Å²) in [5, 5.41) is 3.06. The highest BCUT2D eigenvalue weighted by Gasteiger charge is 2.13. The summed E-state index contributed by atoms with van der Waals surface area (Å²) in [4.78, 5) is 0. The Morgan fingerprint density at radius 1 is 1.33 bits per heavy atom. The minimum Gasteiger partial charge on any atom is -0.491 e. The van der Waals surface area contributed by atoms with E-state index in [1.54, 1.807) is 0 Å². The molecule has 0 aromatic heterocycles. The monoisotopic (exact) mass is 215 g/mol. The second kappa shape index (κ2) is 5.07. The standard InChI is InChI=1S/C11H15F2NO/c1-7(2)14-6-8-4-5-9(12)11(15-3)10(8)13/h4-5,7,14H,6H2,1-3H3. The van der Waals surface area contributed by atoms with E-state index < -0.39 is 11.6 Å². The van der Waals surface area contributed by atoms with Crippen LogP contribution in [0.4, 0.5) is 8.78 Å². The van der Waals surface area contributed by atoms with Gasteiger partial charge in [0, 0.05) is 18.2 Å². The first kappa shape index (κ1) is 11.9. The first-order chi connectivity index (χ1) is 7.06. The molecule has 0 aliphatic carbocycles. The van der Waals surface area contributed by atoms with Crippen LogP contribution in [0.3, 0.4) is 0 Å². The predicted octanol–water partition coefficient (Wildman–Crippen LogP) is 2.47. The Balaban J connectivity index is 2.90.